The van der Waals surface area contributed by atoms with E-state index in [-0.39, 0.29) is 5.60 Å². The van der Waals surface area contributed by atoms with Crippen LogP contribution >= 0.6 is 46.4 Å². The Hall–Kier alpha value is 0.0800. The van der Waals surface area contributed by atoms with Crippen molar-refractivity contribution in [3.63, 3.8) is 0 Å². The maximum absolute atomic E-state index is 6.69. The molecule has 122 valence electrons. The van der Waals surface area contributed by atoms with Crippen molar-refractivity contribution in [2.24, 2.45) is 23.7 Å². The molecule has 2 fully saturated rings. The van der Waals surface area contributed by atoms with E-state index in [0.29, 0.717) is 49.7 Å². The van der Waals surface area contributed by atoms with Crippen molar-refractivity contribution in [2.75, 3.05) is 7.11 Å². The molecule has 0 spiro atoms. The van der Waals surface area contributed by atoms with Crippen LogP contribution in [0, 0.1) is 23.7 Å². The van der Waals surface area contributed by atoms with Gasteiger partial charge in [-0.05, 0) is 54.9 Å². The van der Waals surface area contributed by atoms with Gasteiger partial charge in [-0.3, -0.25) is 0 Å². The molecule has 5 heteroatoms. The van der Waals surface area contributed by atoms with Gasteiger partial charge in [-0.2, -0.15) is 0 Å². The van der Waals surface area contributed by atoms with Crippen LogP contribution in [0.15, 0.2) is 11.6 Å². The Balaban J connectivity index is 1.85. The molecule has 0 aliphatic heterocycles. The fraction of sp³-hybridized carbons (Fsp3) is 0.556. The van der Waals surface area contributed by atoms with Gasteiger partial charge in [0, 0.05) is 12.7 Å². The number of hydrogen-bond acceptors (Lipinski definition) is 1. The predicted molar refractivity (Wildman–Crippen MR) is 94.9 cm³/mol. The topological polar surface area (TPSA) is 9.23 Å². The number of methoxy groups -OCH3 is 1. The molecule has 5 aliphatic carbocycles. The van der Waals surface area contributed by atoms with E-state index >= 15 is 0 Å². The first-order valence-electron chi connectivity index (χ1n) is 8.02. The van der Waals surface area contributed by atoms with Crippen LogP contribution in [0.2, 0.25) is 20.1 Å². The van der Waals surface area contributed by atoms with E-state index in [4.69, 9.17) is 51.1 Å². The van der Waals surface area contributed by atoms with Crippen molar-refractivity contribution in [3.05, 3.63) is 42.9 Å². The smallest absolute Gasteiger partial charge is 0.101 e. The first kappa shape index (κ1) is 15.3. The first-order chi connectivity index (χ1) is 10.9. The molecule has 0 amide bonds. The van der Waals surface area contributed by atoms with Gasteiger partial charge in [-0.1, -0.05) is 58.1 Å². The van der Waals surface area contributed by atoms with E-state index in [9.17, 15) is 0 Å². The minimum absolute atomic E-state index is 0.359. The van der Waals surface area contributed by atoms with Gasteiger partial charge in [0.1, 0.15) is 5.60 Å². The summed E-state index contributed by atoms with van der Waals surface area (Å²) in [5, 5.41) is 1.86. The van der Waals surface area contributed by atoms with Crippen LogP contribution in [0.4, 0.5) is 0 Å². The summed E-state index contributed by atoms with van der Waals surface area (Å²) in [6, 6.07) is 0. The second-order valence-electron chi connectivity index (χ2n) is 7.43. The number of benzene rings is 1. The molecule has 0 radical (unpaired) electrons. The fourth-order valence-electron chi connectivity index (χ4n) is 6.13. The third kappa shape index (κ3) is 1.54. The highest BCUT2D eigenvalue weighted by Crippen LogP contribution is 2.82. The molecule has 0 saturated heterocycles. The molecule has 0 aromatic heterocycles. The fourth-order valence-corrected chi connectivity index (χ4v) is 7.27. The van der Waals surface area contributed by atoms with E-state index < -0.39 is 0 Å². The number of allylic oxidation sites excluding steroid dienone is 2. The van der Waals surface area contributed by atoms with E-state index in [0.717, 1.165) is 24.0 Å². The van der Waals surface area contributed by atoms with E-state index in [2.05, 4.69) is 13.0 Å². The zero-order valence-electron chi connectivity index (χ0n) is 12.8. The van der Waals surface area contributed by atoms with Gasteiger partial charge in [0.05, 0.1) is 20.1 Å². The quantitative estimate of drug-likeness (QED) is 0.303. The normalized spacial score (nSPS) is 42.2. The van der Waals surface area contributed by atoms with Crippen molar-refractivity contribution in [1.82, 2.24) is 0 Å². The average Bonchev–Trinajstić information content (AvgIpc) is 3.22. The van der Waals surface area contributed by atoms with Crippen LogP contribution in [0.5, 0.6) is 0 Å². The molecule has 2 saturated carbocycles. The molecule has 0 heterocycles. The maximum Gasteiger partial charge on any atom is 0.101 e. The molecular formula is C18H16Cl4O. The Kier molecular flexibility index (Phi) is 3.08. The van der Waals surface area contributed by atoms with Crippen LogP contribution in [0.3, 0.4) is 0 Å². The molecule has 6 atom stereocenters. The molecule has 1 nitrogen and oxygen atoms in total. The Labute approximate surface area is 155 Å². The lowest BCUT2D eigenvalue weighted by Crippen LogP contribution is -2.46. The summed E-state index contributed by atoms with van der Waals surface area (Å²) in [5.41, 5.74) is 3.21. The molecular weight excluding hydrogens is 374 g/mol. The highest BCUT2D eigenvalue weighted by molar-refractivity contribution is 6.52. The molecule has 1 aromatic carbocycles. The molecule has 5 aliphatic rings. The van der Waals surface area contributed by atoms with Crippen molar-refractivity contribution in [2.45, 2.75) is 31.3 Å². The van der Waals surface area contributed by atoms with Crippen LogP contribution in [-0.2, 0) is 10.3 Å². The lowest BCUT2D eigenvalue weighted by atomic mass is 9.64. The summed E-state index contributed by atoms with van der Waals surface area (Å²) >= 11 is 26.0. The van der Waals surface area contributed by atoms with E-state index in [1.807, 2.05) is 7.11 Å². The Morgan fingerprint density at radius 2 is 1.65 bits per heavy atom. The lowest BCUT2D eigenvalue weighted by Gasteiger charge is -2.48. The predicted octanol–water partition coefficient (Wildman–Crippen LogP) is 6.47. The molecule has 6 unspecified atom stereocenters. The summed E-state index contributed by atoms with van der Waals surface area (Å²) < 4.78 is 6.26. The number of rotatable bonds is 1. The number of ether oxygens (including phenoxy) is 1. The molecule has 0 N–H and O–H groups in total. The Morgan fingerprint density at radius 1 is 1.00 bits per heavy atom. The lowest BCUT2D eigenvalue weighted by molar-refractivity contribution is -0.103. The number of hydrogen-bond donors (Lipinski definition) is 0. The SMILES string of the molecule is COC12c3c(Cl)c(Cl)c(Cl)c(Cl)c3C3C4C3C1CC(C)=CCC42. The second kappa shape index (κ2) is 4.62. The third-order valence-electron chi connectivity index (χ3n) is 6.79. The summed E-state index contributed by atoms with van der Waals surface area (Å²) in [6.07, 6.45) is 4.49. The van der Waals surface area contributed by atoms with Gasteiger partial charge in [0.15, 0.2) is 0 Å². The van der Waals surface area contributed by atoms with E-state index in [1.165, 1.54) is 5.57 Å². The first-order valence-corrected chi connectivity index (χ1v) is 9.53. The largest absolute Gasteiger partial charge is 0.373 e. The van der Waals surface area contributed by atoms with Gasteiger partial charge < -0.3 is 4.74 Å². The highest BCUT2D eigenvalue weighted by Gasteiger charge is 2.78. The molecule has 1 aromatic rings. The van der Waals surface area contributed by atoms with Crippen molar-refractivity contribution < 1.29 is 4.74 Å². The monoisotopic (exact) mass is 388 g/mol. The maximum atomic E-state index is 6.69. The second-order valence-corrected chi connectivity index (χ2v) is 8.94. The Morgan fingerprint density at radius 3 is 2.35 bits per heavy atom. The average molecular weight is 390 g/mol. The standard InChI is InChI=1S/C18H16Cl4O/c1-6-3-4-7-9-10-8(5-6)18(7,23-2)13-12(11(9)10)14(19)16(21)17(22)15(13)20/h3,7-11H,4-5H2,1-2H3. The van der Waals surface area contributed by atoms with Crippen LogP contribution in [0.1, 0.15) is 36.8 Å². The summed E-state index contributed by atoms with van der Waals surface area (Å²) in [5.74, 6) is 2.67. The van der Waals surface area contributed by atoms with Crippen molar-refractivity contribution in [1.29, 1.82) is 0 Å². The van der Waals surface area contributed by atoms with Gasteiger partial charge in [0.25, 0.3) is 0 Å². The minimum Gasteiger partial charge on any atom is -0.373 e. The van der Waals surface area contributed by atoms with Crippen LogP contribution in [-0.4, -0.2) is 7.11 Å². The zero-order valence-corrected chi connectivity index (χ0v) is 15.8. The summed E-state index contributed by atoms with van der Waals surface area (Å²) in [4.78, 5) is 0. The third-order valence-corrected chi connectivity index (χ3v) is 8.61. The van der Waals surface area contributed by atoms with Gasteiger partial charge in [0.2, 0.25) is 0 Å². The minimum atomic E-state index is -0.372. The molecule has 23 heavy (non-hydrogen) atoms. The molecule has 6 rings (SSSR count). The van der Waals surface area contributed by atoms with Crippen molar-refractivity contribution >= 4 is 46.4 Å². The van der Waals surface area contributed by atoms with Gasteiger partial charge >= 0.3 is 0 Å². The number of halogens is 4. The van der Waals surface area contributed by atoms with Crippen LogP contribution in [0.25, 0.3) is 0 Å². The van der Waals surface area contributed by atoms with Crippen LogP contribution < -0.4 is 0 Å². The van der Waals surface area contributed by atoms with Crippen molar-refractivity contribution in [3.8, 4) is 0 Å². The summed E-state index contributed by atoms with van der Waals surface area (Å²) in [7, 11) is 1.81. The van der Waals surface area contributed by atoms with E-state index in [1.54, 1.807) is 0 Å². The summed E-state index contributed by atoms with van der Waals surface area (Å²) in [6.45, 7) is 2.22. The zero-order chi connectivity index (χ0) is 16.3. The molecule has 6 bridgehead atoms. The highest BCUT2D eigenvalue weighted by atomic mass is 35.5. The van der Waals surface area contributed by atoms with Gasteiger partial charge in [-0.15, -0.1) is 0 Å². The van der Waals surface area contributed by atoms with Gasteiger partial charge in [-0.25, -0.2) is 0 Å². The Bertz CT molecular complexity index is 786.